The van der Waals surface area contributed by atoms with Crippen molar-refractivity contribution in [2.24, 2.45) is 0 Å². The minimum atomic E-state index is -4.28. The minimum Gasteiger partial charge on any atom is -0.494 e. The van der Waals surface area contributed by atoms with Crippen LogP contribution in [-0.4, -0.2) is 57.4 Å². The van der Waals surface area contributed by atoms with E-state index in [9.17, 15) is 22.4 Å². The van der Waals surface area contributed by atoms with Crippen LogP contribution in [0.4, 0.5) is 10.1 Å². The van der Waals surface area contributed by atoms with Crippen molar-refractivity contribution in [2.45, 2.75) is 44.6 Å². The molecule has 3 aromatic rings. The molecule has 2 amide bonds. The van der Waals surface area contributed by atoms with Crippen molar-refractivity contribution in [1.82, 2.24) is 10.2 Å². The van der Waals surface area contributed by atoms with Crippen LogP contribution in [0.3, 0.4) is 0 Å². The van der Waals surface area contributed by atoms with Crippen molar-refractivity contribution in [3.05, 3.63) is 90.2 Å². The van der Waals surface area contributed by atoms with Gasteiger partial charge in [0, 0.05) is 13.1 Å². The van der Waals surface area contributed by atoms with Crippen LogP contribution in [-0.2, 0) is 26.0 Å². The van der Waals surface area contributed by atoms with E-state index in [1.165, 1.54) is 4.90 Å². The zero-order chi connectivity index (χ0) is 29.1. The molecule has 0 fully saturated rings. The number of hydrogen-bond acceptors (Lipinski definition) is 5. The summed E-state index contributed by atoms with van der Waals surface area (Å²) in [6, 6.07) is 19.5. The van der Waals surface area contributed by atoms with Gasteiger partial charge in [-0.1, -0.05) is 37.3 Å². The first-order valence-electron chi connectivity index (χ1n) is 13.3. The van der Waals surface area contributed by atoms with Crippen LogP contribution < -0.4 is 14.4 Å². The number of likely N-dealkylation sites (N-methyl/N-ethyl adjacent to an activating group) is 1. The Morgan fingerprint density at radius 1 is 0.925 bits per heavy atom. The standard InChI is InChI=1S/C30H36FN3O5S/c1-4-28(30(36)32-5-2)33(21-20-23-10-8-7-9-11-23)29(35)22-34(25-14-16-26(17-15-25)39-6-3)40(37,38)27-18-12-24(31)13-19-27/h7-19,28H,4-6,20-22H2,1-3H3,(H,32,36). The summed E-state index contributed by atoms with van der Waals surface area (Å²) >= 11 is 0. The van der Waals surface area contributed by atoms with Gasteiger partial charge in [0.2, 0.25) is 11.8 Å². The molecule has 3 rings (SSSR count). The lowest BCUT2D eigenvalue weighted by Gasteiger charge is -2.33. The smallest absolute Gasteiger partial charge is 0.264 e. The molecule has 1 unspecified atom stereocenters. The highest BCUT2D eigenvalue weighted by molar-refractivity contribution is 7.92. The van der Waals surface area contributed by atoms with Gasteiger partial charge in [-0.15, -0.1) is 0 Å². The lowest BCUT2D eigenvalue weighted by Crippen LogP contribution is -2.53. The van der Waals surface area contributed by atoms with Gasteiger partial charge in [0.25, 0.3) is 10.0 Å². The quantitative estimate of drug-likeness (QED) is 0.310. The van der Waals surface area contributed by atoms with Gasteiger partial charge in [0.15, 0.2) is 0 Å². The van der Waals surface area contributed by atoms with E-state index in [1.807, 2.05) is 44.2 Å². The molecule has 214 valence electrons. The second-order valence-electron chi connectivity index (χ2n) is 9.03. The molecular weight excluding hydrogens is 533 g/mol. The third kappa shape index (κ3) is 7.81. The van der Waals surface area contributed by atoms with Gasteiger partial charge in [-0.25, -0.2) is 12.8 Å². The third-order valence-corrected chi connectivity index (χ3v) is 8.13. The zero-order valence-electron chi connectivity index (χ0n) is 23.0. The molecule has 40 heavy (non-hydrogen) atoms. The molecule has 0 heterocycles. The van der Waals surface area contributed by atoms with Gasteiger partial charge < -0.3 is 15.0 Å². The maximum absolute atomic E-state index is 13.9. The van der Waals surface area contributed by atoms with Gasteiger partial charge in [0.05, 0.1) is 17.2 Å². The normalized spacial score (nSPS) is 11.9. The number of carbonyl (C=O) groups excluding carboxylic acids is 2. The molecule has 3 aromatic carbocycles. The van der Waals surface area contributed by atoms with Crippen LogP contribution in [0.15, 0.2) is 83.8 Å². The second kappa shape index (κ2) is 14.5. The number of amides is 2. The summed E-state index contributed by atoms with van der Waals surface area (Å²) in [5, 5.41) is 2.78. The Morgan fingerprint density at radius 2 is 1.57 bits per heavy atom. The SMILES string of the molecule is CCNC(=O)C(CC)N(CCc1ccccc1)C(=O)CN(c1ccc(OCC)cc1)S(=O)(=O)c1ccc(F)cc1. The number of halogens is 1. The molecule has 0 saturated carbocycles. The monoisotopic (exact) mass is 569 g/mol. The van der Waals surface area contributed by atoms with E-state index in [-0.39, 0.29) is 23.0 Å². The van der Waals surface area contributed by atoms with E-state index in [4.69, 9.17) is 4.74 Å². The molecule has 0 spiro atoms. The average molecular weight is 570 g/mol. The van der Waals surface area contributed by atoms with Crippen LogP contribution >= 0.6 is 0 Å². The second-order valence-corrected chi connectivity index (χ2v) is 10.9. The average Bonchev–Trinajstić information content (AvgIpc) is 2.95. The zero-order valence-corrected chi connectivity index (χ0v) is 23.9. The summed E-state index contributed by atoms with van der Waals surface area (Å²) in [6.45, 7) is 5.93. The van der Waals surface area contributed by atoms with Crippen molar-refractivity contribution >= 4 is 27.5 Å². The Kier molecular flexibility index (Phi) is 11.1. The van der Waals surface area contributed by atoms with Crippen LogP contribution in [0.5, 0.6) is 5.75 Å². The van der Waals surface area contributed by atoms with E-state index >= 15 is 0 Å². The summed E-state index contributed by atoms with van der Waals surface area (Å²) in [4.78, 5) is 28.1. The molecule has 0 saturated heterocycles. The number of anilines is 1. The lowest BCUT2D eigenvalue weighted by atomic mass is 10.1. The van der Waals surface area contributed by atoms with Gasteiger partial charge in [-0.3, -0.25) is 13.9 Å². The predicted octanol–water partition coefficient (Wildman–Crippen LogP) is 4.41. The number of carbonyl (C=O) groups is 2. The maximum atomic E-state index is 13.9. The van der Waals surface area contributed by atoms with E-state index < -0.39 is 34.3 Å². The Hall–Kier alpha value is -3.92. The van der Waals surface area contributed by atoms with Gasteiger partial charge in [-0.05, 0) is 80.8 Å². The number of ether oxygens (including phenoxy) is 1. The highest BCUT2D eigenvalue weighted by atomic mass is 32.2. The number of rotatable bonds is 14. The first kappa shape index (κ1) is 30.6. The van der Waals surface area contributed by atoms with E-state index in [1.54, 1.807) is 31.2 Å². The largest absolute Gasteiger partial charge is 0.494 e. The molecule has 0 aliphatic carbocycles. The molecule has 1 atom stereocenters. The van der Waals surface area contributed by atoms with Crippen molar-refractivity contribution in [3.8, 4) is 5.75 Å². The number of nitrogens with one attached hydrogen (secondary N) is 1. The summed E-state index contributed by atoms with van der Waals surface area (Å²) in [6.07, 6.45) is 0.830. The first-order chi connectivity index (χ1) is 19.2. The highest BCUT2D eigenvalue weighted by Crippen LogP contribution is 2.27. The van der Waals surface area contributed by atoms with Gasteiger partial charge in [-0.2, -0.15) is 0 Å². The maximum Gasteiger partial charge on any atom is 0.264 e. The molecule has 0 aliphatic heterocycles. The van der Waals surface area contributed by atoms with Crippen LogP contribution in [0.25, 0.3) is 0 Å². The number of benzene rings is 3. The van der Waals surface area contributed by atoms with Crippen molar-refractivity contribution in [3.63, 3.8) is 0 Å². The minimum absolute atomic E-state index is 0.165. The van der Waals surface area contributed by atoms with Crippen molar-refractivity contribution in [1.29, 1.82) is 0 Å². The Bertz CT molecular complexity index is 1350. The summed E-state index contributed by atoms with van der Waals surface area (Å²) in [5.41, 5.74) is 1.21. The van der Waals surface area contributed by atoms with Crippen LogP contribution in [0, 0.1) is 5.82 Å². The number of sulfonamides is 1. The summed E-state index contributed by atoms with van der Waals surface area (Å²) < 4.78 is 47.6. The van der Waals surface area contributed by atoms with Crippen molar-refractivity contribution in [2.75, 3.05) is 30.5 Å². The van der Waals surface area contributed by atoms with Gasteiger partial charge in [0.1, 0.15) is 24.2 Å². The van der Waals surface area contributed by atoms with E-state index in [0.29, 0.717) is 31.7 Å². The Balaban J connectivity index is 2.00. The fourth-order valence-corrected chi connectivity index (χ4v) is 5.74. The number of hydrogen-bond donors (Lipinski definition) is 1. The summed E-state index contributed by atoms with van der Waals surface area (Å²) in [5.74, 6) is -0.875. The fraction of sp³-hybridized carbons (Fsp3) is 0.333. The molecule has 0 radical (unpaired) electrons. The van der Waals surface area contributed by atoms with Gasteiger partial charge >= 0.3 is 0 Å². The Morgan fingerprint density at radius 3 is 2.15 bits per heavy atom. The summed E-state index contributed by atoms with van der Waals surface area (Å²) in [7, 11) is -4.28. The molecule has 0 aliphatic rings. The lowest BCUT2D eigenvalue weighted by molar-refractivity contribution is -0.139. The van der Waals surface area contributed by atoms with E-state index in [0.717, 1.165) is 34.1 Å². The molecular formula is C30H36FN3O5S. The molecule has 1 N–H and O–H groups in total. The topological polar surface area (TPSA) is 96.0 Å². The number of nitrogens with zero attached hydrogens (tertiary/aromatic N) is 2. The van der Waals surface area contributed by atoms with Crippen LogP contribution in [0.1, 0.15) is 32.8 Å². The third-order valence-electron chi connectivity index (χ3n) is 6.34. The van der Waals surface area contributed by atoms with Crippen LogP contribution in [0.2, 0.25) is 0 Å². The first-order valence-corrected chi connectivity index (χ1v) is 14.8. The Labute approximate surface area is 235 Å². The molecule has 0 aromatic heterocycles. The molecule has 10 heteroatoms. The molecule has 8 nitrogen and oxygen atoms in total. The molecule has 0 bridgehead atoms. The van der Waals surface area contributed by atoms with Crippen molar-refractivity contribution < 1.29 is 27.1 Å². The fourth-order valence-electron chi connectivity index (χ4n) is 4.33. The highest BCUT2D eigenvalue weighted by Gasteiger charge is 2.33. The predicted molar refractivity (Wildman–Crippen MR) is 153 cm³/mol. The van der Waals surface area contributed by atoms with E-state index in [2.05, 4.69) is 5.32 Å².